The fourth-order valence-electron chi connectivity index (χ4n) is 2.94. The van der Waals surface area contributed by atoms with Crippen LogP contribution in [0.3, 0.4) is 0 Å². The van der Waals surface area contributed by atoms with Gasteiger partial charge in [-0.25, -0.2) is 23.5 Å². The number of nitrogens with zero attached hydrogens (tertiary/aromatic N) is 3. The van der Waals surface area contributed by atoms with Crippen molar-refractivity contribution in [2.45, 2.75) is 24.2 Å². The zero-order valence-electron chi connectivity index (χ0n) is 16.8. The normalized spacial score (nSPS) is 13.8. The second kappa shape index (κ2) is 10.3. The number of aromatic nitrogens is 2. The quantitative estimate of drug-likeness (QED) is 0.531. The smallest absolute Gasteiger partial charge is 0.270 e. The van der Waals surface area contributed by atoms with Gasteiger partial charge in [-0.1, -0.05) is 35.6 Å². The second-order valence-electron chi connectivity index (χ2n) is 6.78. The van der Waals surface area contributed by atoms with Crippen LogP contribution in [-0.4, -0.2) is 37.4 Å². The van der Waals surface area contributed by atoms with Gasteiger partial charge >= 0.3 is 0 Å². The van der Waals surface area contributed by atoms with E-state index in [0.717, 1.165) is 31.1 Å². The van der Waals surface area contributed by atoms with Crippen molar-refractivity contribution < 1.29 is 13.2 Å². The van der Waals surface area contributed by atoms with Gasteiger partial charge in [0, 0.05) is 19.3 Å². The number of nitrogens with two attached hydrogens (primary N) is 2. The van der Waals surface area contributed by atoms with Gasteiger partial charge in [0.05, 0.1) is 4.90 Å². The maximum absolute atomic E-state index is 11.6. The first-order chi connectivity index (χ1) is 14.8. The minimum Gasteiger partial charge on any atom is -0.364 e. The highest BCUT2D eigenvalue weighted by atomic mass is 32.2. The number of pyridine rings is 1. The maximum Gasteiger partial charge on any atom is 0.270 e. The topological polar surface area (TPSA) is 144 Å². The molecule has 0 spiro atoms. The van der Waals surface area contributed by atoms with Crippen molar-refractivity contribution in [1.29, 1.82) is 0 Å². The lowest BCUT2D eigenvalue weighted by Crippen LogP contribution is -2.29. The maximum atomic E-state index is 11.6. The summed E-state index contributed by atoms with van der Waals surface area (Å²) in [5, 5.41) is 9.46. The Morgan fingerprint density at radius 3 is 2.26 bits per heavy atom. The molecule has 164 valence electrons. The summed E-state index contributed by atoms with van der Waals surface area (Å²) >= 11 is 1.45. The average Bonchev–Trinajstić information content (AvgIpc) is 3.20. The van der Waals surface area contributed by atoms with Crippen LogP contribution in [0, 0.1) is 0 Å². The summed E-state index contributed by atoms with van der Waals surface area (Å²) in [5.41, 5.74) is 5.72. The number of rotatable bonds is 5. The largest absolute Gasteiger partial charge is 0.364 e. The molecule has 5 N–H and O–H groups in total. The van der Waals surface area contributed by atoms with Crippen LogP contribution in [0.1, 0.15) is 29.8 Å². The Bertz CT molecular complexity index is 1100. The highest BCUT2D eigenvalue weighted by molar-refractivity contribution is 7.89. The van der Waals surface area contributed by atoms with Crippen LogP contribution in [0.5, 0.6) is 0 Å². The first kappa shape index (κ1) is 22.7. The number of nitrogens with one attached hydrogen (secondary N) is 1. The molecule has 1 aliphatic rings. The molecule has 1 amide bonds. The number of carbonyl (C=O) groups excluding carboxylic acids is 1. The van der Waals surface area contributed by atoms with E-state index in [-0.39, 0.29) is 10.6 Å². The van der Waals surface area contributed by atoms with Crippen molar-refractivity contribution in [3.05, 3.63) is 60.4 Å². The lowest BCUT2D eigenvalue weighted by atomic mass is 10.1. The van der Waals surface area contributed by atoms with Crippen LogP contribution in [0.25, 0.3) is 0 Å². The van der Waals surface area contributed by atoms with Gasteiger partial charge < -0.3 is 16.0 Å². The molecule has 0 radical (unpaired) electrons. The van der Waals surface area contributed by atoms with Gasteiger partial charge in [0.1, 0.15) is 10.8 Å². The summed E-state index contributed by atoms with van der Waals surface area (Å²) in [6, 6.07) is 13.4. The second-order valence-corrected chi connectivity index (χ2v) is 9.32. The molecule has 0 atom stereocenters. The lowest BCUT2D eigenvalue weighted by molar-refractivity contribution is 0.0997. The number of anilines is 3. The van der Waals surface area contributed by atoms with E-state index < -0.39 is 15.9 Å². The van der Waals surface area contributed by atoms with E-state index in [1.807, 2.05) is 18.2 Å². The molecule has 11 heteroatoms. The molecule has 9 nitrogen and oxygen atoms in total. The molecule has 1 aliphatic heterocycles. The van der Waals surface area contributed by atoms with Crippen molar-refractivity contribution in [2.24, 2.45) is 10.9 Å². The Morgan fingerprint density at radius 2 is 1.71 bits per heavy atom. The van der Waals surface area contributed by atoms with E-state index in [1.54, 1.807) is 24.4 Å². The predicted molar refractivity (Wildman–Crippen MR) is 122 cm³/mol. The molecule has 0 bridgehead atoms. The van der Waals surface area contributed by atoms with Crippen LogP contribution < -0.4 is 21.1 Å². The molecule has 1 saturated heterocycles. The summed E-state index contributed by atoms with van der Waals surface area (Å²) in [6.45, 7) is 1.96. The minimum atomic E-state index is -3.50. The summed E-state index contributed by atoms with van der Waals surface area (Å²) in [5.74, 6) is 0.154. The molecule has 4 rings (SSSR count). The lowest BCUT2D eigenvalue weighted by Gasteiger charge is -2.25. The number of sulfonamides is 1. The number of primary amides is 1. The van der Waals surface area contributed by atoms with Crippen LogP contribution in [0.2, 0.25) is 0 Å². The number of primary sulfonamides is 1. The van der Waals surface area contributed by atoms with E-state index in [9.17, 15) is 13.2 Å². The third-order valence-electron chi connectivity index (χ3n) is 4.45. The first-order valence-electron chi connectivity index (χ1n) is 9.66. The standard InChI is InChI=1S/C14H17N5OS.C6H7NO2S/c15-12(20)11-13(17-10-6-2-3-7-16-10)21-14(18-11)19-8-4-1-5-9-19;7-10(8,9)6-4-2-1-3-5-6/h2-3,6-7H,1,4-5,8-9H2,(H2,15,20)(H,16,17);1-5H,(H2,7,8,9). The third-order valence-corrected chi connectivity index (χ3v) is 6.41. The number of benzene rings is 1. The summed E-state index contributed by atoms with van der Waals surface area (Å²) in [7, 11) is -3.50. The highest BCUT2D eigenvalue weighted by Gasteiger charge is 2.21. The zero-order valence-corrected chi connectivity index (χ0v) is 18.4. The fraction of sp³-hybridized carbons (Fsp3) is 0.250. The Hall–Kier alpha value is -3.02. The molecule has 0 saturated carbocycles. The van der Waals surface area contributed by atoms with Gasteiger partial charge in [0.15, 0.2) is 10.8 Å². The highest BCUT2D eigenvalue weighted by Crippen LogP contribution is 2.34. The fourth-order valence-corrected chi connectivity index (χ4v) is 4.51. The van der Waals surface area contributed by atoms with Crippen LogP contribution >= 0.6 is 11.3 Å². The van der Waals surface area contributed by atoms with Gasteiger partial charge in [0.2, 0.25) is 10.0 Å². The molecule has 3 heterocycles. The average molecular weight is 461 g/mol. The molecule has 1 aromatic carbocycles. The molecular formula is C20H24N6O3S2. The number of hydrogen-bond donors (Lipinski definition) is 3. The Labute approximate surface area is 185 Å². The van der Waals surface area contributed by atoms with Crippen LogP contribution in [-0.2, 0) is 10.0 Å². The van der Waals surface area contributed by atoms with Gasteiger partial charge in [-0.15, -0.1) is 0 Å². The van der Waals surface area contributed by atoms with Gasteiger partial charge in [0.25, 0.3) is 5.91 Å². The molecule has 31 heavy (non-hydrogen) atoms. The van der Waals surface area contributed by atoms with Crippen LogP contribution in [0.4, 0.5) is 16.0 Å². The SMILES string of the molecule is NC(=O)c1nc(N2CCCCC2)sc1Nc1ccccn1.NS(=O)(=O)c1ccccc1. The van der Waals surface area contributed by atoms with Gasteiger partial charge in [-0.05, 0) is 43.5 Å². The number of carbonyl (C=O) groups is 1. The summed E-state index contributed by atoms with van der Waals surface area (Å²) < 4.78 is 21.2. The Kier molecular flexibility index (Phi) is 7.55. The van der Waals surface area contributed by atoms with E-state index >= 15 is 0 Å². The van der Waals surface area contributed by atoms with E-state index in [1.165, 1.54) is 29.9 Å². The number of amides is 1. The molecule has 0 aliphatic carbocycles. The first-order valence-corrected chi connectivity index (χ1v) is 12.0. The van der Waals surface area contributed by atoms with E-state index in [0.29, 0.717) is 10.8 Å². The predicted octanol–water partition coefficient (Wildman–Crippen LogP) is 2.70. The van der Waals surface area contributed by atoms with Crippen molar-refractivity contribution in [1.82, 2.24) is 9.97 Å². The van der Waals surface area contributed by atoms with Crippen molar-refractivity contribution in [3.8, 4) is 0 Å². The van der Waals surface area contributed by atoms with E-state index in [4.69, 9.17) is 10.9 Å². The molecule has 1 fully saturated rings. The van der Waals surface area contributed by atoms with Gasteiger partial charge in [-0.3, -0.25) is 4.79 Å². The van der Waals surface area contributed by atoms with Gasteiger partial charge in [-0.2, -0.15) is 0 Å². The molecule has 2 aromatic heterocycles. The van der Waals surface area contributed by atoms with Crippen molar-refractivity contribution in [2.75, 3.05) is 23.3 Å². The molecule has 3 aromatic rings. The number of thiazole rings is 1. The summed E-state index contributed by atoms with van der Waals surface area (Å²) in [4.78, 5) is 22.6. The number of piperidine rings is 1. The Balaban J connectivity index is 0.000000229. The van der Waals surface area contributed by atoms with E-state index in [2.05, 4.69) is 20.2 Å². The molecule has 0 unspecified atom stereocenters. The minimum absolute atomic E-state index is 0.148. The summed E-state index contributed by atoms with van der Waals surface area (Å²) in [6.07, 6.45) is 5.27. The Morgan fingerprint density at radius 1 is 1.03 bits per heavy atom. The third kappa shape index (κ3) is 6.48. The molecular weight excluding hydrogens is 436 g/mol. The number of hydrogen-bond acceptors (Lipinski definition) is 8. The monoisotopic (exact) mass is 460 g/mol. The van der Waals surface area contributed by atoms with Crippen molar-refractivity contribution >= 4 is 43.2 Å². The van der Waals surface area contributed by atoms with Crippen molar-refractivity contribution in [3.63, 3.8) is 0 Å². The zero-order chi connectivity index (χ0) is 22.3. The van der Waals surface area contributed by atoms with Crippen LogP contribution in [0.15, 0.2) is 59.6 Å².